The summed E-state index contributed by atoms with van der Waals surface area (Å²) in [6.07, 6.45) is 0. The number of ether oxygens (including phenoxy) is 1. The first-order valence-corrected chi connectivity index (χ1v) is 5.09. The van der Waals surface area contributed by atoms with Crippen LogP contribution in [0.3, 0.4) is 0 Å². The summed E-state index contributed by atoms with van der Waals surface area (Å²) in [6, 6.07) is 4.72. The van der Waals surface area contributed by atoms with E-state index >= 15 is 0 Å². The molecule has 1 N–H and O–H groups in total. The van der Waals surface area contributed by atoms with Gasteiger partial charge in [-0.05, 0) is 34.5 Å². The van der Waals surface area contributed by atoms with Gasteiger partial charge in [-0.25, -0.2) is 9.89 Å². The molecule has 1 heterocycles. The van der Waals surface area contributed by atoms with Crippen molar-refractivity contribution in [3.8, 4) is 5.75 Å². The minimum absolute atomic E-state index is 0.0824. The van der Waals surface area contributed by atoms with Gasteiger partial charge < -0.3 is 4.74 Å². The highest BCUT2D eigenvalue weighted by Crippen LogP contribution is 2.23. The Kier molecular flexibility index (Phi) is 3.35. The van der Waals surface area contributed by atoms with Gasteiger partial charge in [0.25, 0.3) is 0 Å². The van der Waals surface area contributed by atoms with Crippen molar-refractivity contribution in [2.24, 2.45) is 0 Å². The van der Waals surface area contributed by atoms with E-state index in [2.05, 4.69) is 20.3 Å². The minimum Gasteiger partial charge on any atom is -0.435 e. The second-order valence-corrected chi connectivity index (χ2v) is 3.58. The molecule has 8 heteroatoms. The van der Waals surface area contributed by atoms with Crippen LogP contribution in [0.1, 0.15) is 11.1 Å². The van der Waals surface area contributed by atoms with E-state index in [0.29, 0.717) is 11.1 Å². The van der Waals surface area contributed by atoms with Crippen LogP contribution < -0.4 is 10.4 Å². The van der Waals surface area contributed by atoms with E-state index in [1.807, 2.05) is 0 Å². The molecule has 0 aliphatic rings. The number of rotatable bonds is 4. The standard InChI is InChI=1S/C10H10F2N4O2/c1-6-7(5-16-10(17)13-14-15-16)3-2-4-8(6)18-9(11)12/h2-4,9H,5H2,1H3,(H,13,15,17). The number of nitrogens with one attached hydrogen (secondary N) is 1. The molecule has 0 atom stereocenters. The van der Waals surface area contributed by atoms with Crippen LogP contribution in [0.4, 0.5) is 8.78 Å². The Hall–Kier alpha value is -2.25. The predicted molar refractivity (Wildman–Crippen MR) is 57.6 cm³/mol. The Morgan fingerprint density at radius 3 is 2.89 bits per heavy atom. The van der Waals surface area contributed by atoms with Crippen molar-refractivity contribution in [1.82, 2.24) is 20.2 Å². The first kappa shape index (κ1) is 12.2. The molecular formula is C10H10F2N4O2. The molecule has 0 saturated carbocycles. The summed E-state index contributed by atoms with van der Waals surface area (Å²) >= 11 is 0. The topological polar surface area (TPSA) is 72.8 Å². The number of aromatic amines is 1. The lowest BCUT2D eigenvalue weighted by molar-refractivity contribution is -0.0503. The zero-order valence-corrected chi connectivity index (χ0v) is 9.43. The van der Waals surface area contributed by atoms with Gasteiger partial charge in [0, 0.05) is 0 Å². The smallest absolute Gasteiger partial charge is 0.387 e. The molecule has 2 rings (SSSR count). The first-order valence-electron chi connectivity index (χ1n) is 5.09. The van der Waals surface area contributed by atoms with Crippen molar-refractivity contribution in [3.63, 3.8) is 0 Å². The molecule has 0 bridgehead atoms. The highest BCUT2D eigenvalue weighted by Gasteiger charge is 2.11. The number of hydrogen-bond donors (Lipinski definition) is 1. The fraction of sp³-hybridized carbons (Fsp3) is 0.300. The maximum atomic E-state index is 12.2. The van der Waals surface area contributed by atoms with Gasteiger partial charge >= 0.3 is 12.3 Å². The normalized spacial score (nSPS) is 10.9. The number of H-pyrrole nitrogens is 1. The van der Waals surface area contributed by atoms with Gasteiger partial charge in [0.05, 0.1) is 6.54 Å². The molecule has 18 heavy (non-hydrogen) atoms. The lowest BCUT2D eigenvalue weighted by Gasteiger charge is -2.11. The third kappa shape index (κ3) is 2.53. The number of hydrogen-bond acceptors (Lipinski definition) is 4. The van der Waals surface area contributed by atoms with E-state index in [9.17, 15) is 13.6 Å². The number of halogens is 2. The van der Waals surface area contributed by atoms with Crippen LogP contribution in [0.2, 0.25) is 0 Å². The summed E-state index contributed by atoms with van der Waals surface area (Å²) in [5, 5.41) is 9.05. The van der Waals surface area contributed by atoms with Crippen LogP contribution in [0.25, 0.3) is 0 Å². The highest BCUT2D eigenvalue weighted by molar-refractivity contribution is 5.39. The number of nitrogens with zero attached hydrogens (tertiary/aromatic N) is 3. The molecule has 0 saturated heterocycles. The van der Waals surface area contributed by atoms with E-state index in [-0.39, 0.29) is 12.3 Å². The maximum absolute atomic E-state index is 12.2. The van der Waals surface area contributed by atoms with Gasteiger partial charge in [0.2, 0.25) is 0 Å². The zero-order chi connectivity index (χ0) is 13.1. The van der Waals surface area contributed by atoms with Crippen molar-refractivity contribution in [1.29, 1.82) is 0 Å². The predicted octanol–water partition coefficient (Wildman–Crippen LogP) is 0.925. The zero-order valence-electron chi connectivity index (χ0n) is 9.43. The van der Waals surface area contributed by atoms with E-state index in [1.165, 1.54) is 6.07 Å². The average Bonchev–Trinajstić information content (AvgIpc) is 2.70. The Morgan fingerprint density at radius 1 is 1.50 bits per heavy atom. The second kappa shape index (κ2) is 4.94. The van der Waals surface area contributed by atoms with Crippen LogP contribution >= 0.6 is 0 Å². The van der Waals surface area contributed by atoms with Crippen LogP contribution in [-0.2, 0) is 6.54 Å². The van der Waals surface area contributed by atoms with Gasteiger partial charge in [0.15, 0.2) is 0 Å². The highest BCUT2D eigenvalue weighted by atomic mass is 19.3. The largest absolute Gasteiger partial charge is 0.435 e. The van der Waals surface area contributed by atoms with Crippen molar-refractivity contribution in [2.45, 2.75) is 20.1 Å². The van der Waals surface area contributed by atoms with E-state index < -0.39 is 12.3 Å². The molecule has 1 aromatic heterocycles. The number of aromatic nitrogens is 4. The molecule has 0 aliphatic heterocycles. The van der Waals surface area contributed by atoms with Crippen molar-refractivity contribution in [2.75, 3.05) is 0 Å². The Bertz CT molecular complexity index is 594. The summed E-state index contributed by atoms with van der Waals surface area (Å²) in [7, 11) is 0. The SMILES string of the molecule is Cc1c(Cn2nn[nH]c2=O)cccc1OC(F)F. The summed E-state index contributed by atoms with van der Waals surface area (Å²) in [5.74, 6) is 0.0824. The third-order valence-electron chi connectivity index (χ3n) is 2.47. The second-order valence-electron chi connectivity index (χ2n) is 3.58. The number of alkyl halides is 2. The molecule has 0 aliphatic carbocycles. The molecule has 96 valence electrons. The Balaban J connectivity index is 2.29. The number of benzene rings is 1. The monoisotopic (exact) mass is 256 g/mol. The van der Waals surface area contributed by atoms with Crippen LogP contribution in [0.15, 0.2) is 23.0 Å². The molecule has 0 radical (unpaired) electrons. The van der Waals surface area contributed by atoms with Crippen LogP contribution in [0, 0.1) is 6.92 Å². The summed E-state index contributed by atoms with van der Waals surface area (Å²) < 4.78 is 29.8. The quantitative estimate of drug-likeness (QED) is 0.883. The maximum Gasteiger partial charge on any atom is 0.387 e. The fourth-order valence-corrected chi connectivity index (χ4v) is 1.54. The van der Waals surface area contributed by atoms with E-state index in [4.69, 9.17) is 0 Å². The summed E-state index contributed by atoms with van der Waals surface area (Å²) in [4.78, 5) is 11.2. The summed E-state index contributed by atoms with van der Waals surface area (Å²) in [5.41, 5.74) is 0.728. The lowest BCUT2D eigenvalue weighted by atomic mass is 10.1. The summed E-state index contributed by atoms with van der Waals surface area (Å²) in [6.45, 7) is -1.10. The van der Waals surface area contributed by atoms with Gasteiger partial charge in [-0.3, -0.25) is 0 Å². The first-order chi connectivity index (χ1) is 8.58. The lowest BCUT2D eigenvalue weighted by Crippen LogP contribution is -2.19. The molecule has 6 nitrogen and oxygen atoms in total. The minimum atomic E-state index is -2.88. The van der Waals surface area contributed by atoms with E-state index in [1.54, 1.807) is 19.1 Å². The van der Waals surface area contributed by atoms with Gasteiger partial charge in [-0.15, -0.1) is 0 Å². The number of tetrazole rings is 1. The molecule has 0 amide bonds. The molecular weight excluding hydrogens is 246 g/mol. The Morgan fingerprint density at radius 2 is 2.28 bits per heavy atom. The van der Waals surface area contributed by atoms with E-state index in [0.717, 1.165) is 4.68 Å². The third-order valence-corrected chi connectivity index (χ3v) is 2.47. The van der Waals surface area contributed by atoms with Crippen molar-refractivity contribution < 1.29 is 13.5 Å². The van der Waals surface area contributed by atoms with Crippen LogP contribution in [-0.4, -0.2) is 26.8 Å². The van der Waals surface area contributed by atoms with Gasteiger partial charge in [0.1, 0.15) is 5.75 Å². The van der Waals surface area contributed by atoms with Gasteiger partial charge in [-0.2, -0.15) is 13.5 Å². The van der Waals surface area contributed by atoms with Crippen LogP contribution in [0.5, 0.6) is 5.75 Å². The molecule has 0 fully saturated rings. The fourth-order valence-electron chi connectivity index (χ4n) is 1.54. The molecule has 2 aromatic rings. The van der Waals surface area contributed by atoms with Crippen molar-refractivity contribution >= 4 is 0 Å². The Labute approximate surface area is 100 Å². The van der Waals surface area contributed by atoms with Crippen molar-refractivity contribution in [3.05, 3.63) is 39.8 Å². The molecule has 0 spiro atoms. The molecule has 1 aromatic carbocycles. The van der Waals surface area contributed by atoms with Gasteiger partial charge in [-0.1, -0.05) is 12.1 Å². The average molecular weight is 256 g/mol. The molecule has 0 unspecified atom stereocenters.